The number of hydrogen-bond donors (Lipinski definition) is 1. The normalized spacial score (nSPS) is 20.0. The van der Waals surface area contributed by atoms with Gasteiger partial charge in [0, 0.05) is 0 Å². The number of benzene rings is 2. The van der Waals surface area contributed by atoms with Crippen molar-refractivity contribution in [1.82, 2.24) is 5.32 Å². The van der Waals surface area contributed by atoms with E-state index in [1.807, 2.05) is 26.8 Å². The lowest BCUT2D eigenvalue weighted by Crippen LogP contribution is -2.67. The van der Waals surface area contributed by atoms with Crippen LogP contribution in [0.2, 0.25) is 18.1 Å². The van der Waals surface area contributed by atoms with Crippen LogP contribution in [0.25, 0.3) is 0 Å². The Balaban J connectivity index is 1.96. The summed E-state index contributed by atoms with van der Waals surface area (Å²) in [6.07, 6.45) is -0.406. The van der Waals surface area contributed by atoms with Crippen LogP contribution in [-0.2, 0) is 24.0 Å². The van der Waals surface area contributed by atoms with Gasteiger partial charge in [-0.1, -0.05) is 57.5 Å². The molecule has 0 saturated carbocycles. The molecule has 9 heteroatoms. The number of carbonyl (C=O) groups is 2. The van der Waals surface area contributed by atoms with Crippen molar-refractivity contribution in [3.63, 3.8) is 0 Å². The van der Waals surface area contributed by atoms with E-state index >= 15 is 0 Å². The van der Waals surface area contributed by atoms with Gasteiger partial charge in [0.05, 0.1) is 34.6 Å². The van der Waals surface area contributed by atoms with Gasteiger partial charge in [-0.05, 0) is 68.7 Å². The van der Waals surface area contributed by atoms with Crippen LogP contribution in [-0.4, -0.2) is 40.7 Å². The number of nitrogens with one attached hydrogen (secondary N) is 1. The third kappa shape index (κ3) is 5.83. The fourth-order valence-electron chi connectivity index (χ4n) is 4.37. The number of anilines is 1. The summed E-state index contributed by atoms with van der Waals surface area (Å²) >= 11 is 0. The fourth-order valence-corrected chi connectivity index (χ4v) is 7.28. The molecule has 2 aromatic carbocycles. The Morgan fingerprint density at radius 1 is 1.03 bits per heavy atom. The van der Waals surface area contributed by atoms with Crippen molar-refractivity contribution in [3.05, 3.63) is 59.7 Å². The molecule has 1 aliphatic rings. The highest BCUT2D eigenvalue weighted by Crippen LogP contribution is 2.40. The van der Waals surface area contributed by atoms with E-state index in [2.05, 4.69) is 39.2 Å². The molecule has 1 saturated heterocycles. The maximum Gasteiger partial charge on any atom is 0.270 e. The SMILES string of the molecule is Cc1ccc(S(=O)(=O)N(C(=O)[C@H](C)[C@H]2NC(=O)[C@@H]2[C@@H](C)O[Si](C)(C)C(C)(C)C)c2cccc(C)c2)cc1. The van der Waals surface area contributed by atoms with E-state index in [0.29, 0.717) is 0 Å². The standard InChI is InChI=1S/C28H40N2O5SSi/c1-18-13-15-23(16-14-18)36(33,34)30(22-12-10-11-19(2)17-22)27(32)20(3)25-24(26(31)29-25)21(4)35-37(8,9)28(5,6)7/h10-17,20-21,24-25H,1-9H3,(H,29,31)/t20-,21-,24-,25-/m1/s1. The molecule has 0 aliphatic carbocycles. The molecule has 0 spiro atoms. The van der Waals surface area contributed by atoms with E-state index < -0.39 is 48.2 Å². The van der Waals surface area contributed by atoms with Crippen molar-refractivity contribution >= 4 is 35.8 Å². The number of hydrogen-bond acceptors (Lipinski definition) is 5. The molecule has 1 heterocycles. The van der Waals surface area contributed by atoms with E-state index in [1.54, 1.807) is 37.3 Å². The minimum absolute atomic E-state index is 0.0315. The van der Waals surface area contributed by atoms with Crippen LogP contribution in [0.5, 0.6) is 0 Å². The molecule has 4 atom stereocenters. The van der Waals surface area contributed by atoms with Crippen molar-refractivity contribution in [2.45, 2.75) is 83.6 Å². The molecular weight excluding hydrogens is 504 g/mol. The molecule has 2 amide bonds. The smallest absolute Gasteiger partial charge is 0.270 e. The van der Waals surface area contributed by atoms with E-state index in [4.69, 9.17) is 4.43 Å². The van der Waals surface area contributed by atoms with Crippen LogP contribution < -0.4 is 9.62 Å². The van der Waals surface area contributed by atoms with Crippen molar-refractivity contribution in [2.24, 2.45) is 11.8 Å². The Morgan fingerprint density at radius 3 is 2.14 bits per heavy atom. The summed E-state index contributed by atoms with van der Waals surface area (Å²) in [7, 11) is -6.37. The topological polar surface area (TPSA) is 92.8 Å². The van der Waals surface area contributed by atoms with Gasteiger partial charge in [-0.25, -0.2) is 12.7 Å². The Bertz CT molecular complexity index is 1270. The second-order valence-electron chi connectivity index (χ2n) is 11.7. The average molecular weight is 545 g/mol. The van der Waals surface area contributed by atoms with Gasteiger partial charge >= 0.3 is 0 Å². The Morgan fingerprint density at radius 2 is 1.62 bits per heavy atom. The highest BCUT2D eigenvalue weighted by molar-refractivity contribution is 7.93. The van der Waals surface area contributed by atoms with Crippen LogP contribution in [0.4, 0.5) is 5.69 Å². The highest BCUT2D eigenvalue weighted by atomic mass is 32.2. The Kier molecular flexibility index (Phi) is 8.13. The summed E-state index contributed by atoms with van der Waals surface area (Å²) in [4.78, 5) is 26.7. The molecule has 37 heavy (non-hydrogen) atoms. The largest absolute Gasteiger partial charge is 0.413 e. The quantitative estimate of drug-likeness (QED) is 0.365. The van der Waals surface area contributed by atoms with Gasteiger partial charge in [-0.2, -0.15) is 0 Å². The van der Waals surface area contributed by atoms with Crippen LogP contribution in [0.1, 0.15) is 45.7 Å². The number of β-lactam (4-membered cyclic amide) rings is 1. The number of aryl methyl sites for hydroxylation is 2. The molecular formula is C28H40N2O5SSi. The maximum atomic E-state index is 14.0. The van der Waals surface area contributed by atoms with Gasteiger partial charge in [0.15, 0.2) is 8.32 Å². The minimum Gasteiger partial charge on any atom is -0.413 e. The molecule has 202 valence electrons. The highest BCUT2D eigenvalue weighted by Gasteiger charge is 2.52. The van der Waals surface area contributed by atoms with Gasteiger partial charge in [0.25, 0.3) is 10.0 Å². The number of carbonyl (C=O) groups excluding carboxylic acids is 2. The molecule has 0 bridgehead atoms. The van der Waals surface area contributed by atoms with Gasteiger partial charge in [0.2, 0.25) is 11.8 Å². The minimum atomic E-state index is -4.20. The predicted octanol–water partition coefficient (Wildman–Crippen LogP) is 5.19. The fraction of sp³-hybridized carbons (Fsp3) is 0.500. The molecule has 0 radical (unpaired) electrons. The van der Waals surface area contributed by atoms with Crippen LogP contribution in [0.3, 0.4) is 0 Å². The molecule has 1 N–H and O–H groups in total. The van der Waals surface area contributed by atoms with E-state index in [0.717, 1.165) is 15.4 Å². The molecule has 1 aliphatic heterocycles. The summed E-state index contributed by atoms with van der Waals surface area (Å²) in [6.45, 7) is 17.9. The first-order valence-corrected chi connectivity index (χ1v) is 17.0. The summed E-state index contributed by atoms with van der Waals surface area (Å²) in [5, 5.41) is 2.81. The Labute approximate surface area is 222 Å². The monoisotopic (exact) mass is 544 g/mol. The second-order valence-corrected chi connectivity index (χ2v) is 18.2. The Hall–Kier alpha value is -2.49. The number of amides is 2. The third-order valence-corrected chi connectivity index (χ3v) is 14.0. The van der Waals surface area contributed by atoms with Crippen LogP contribution >= 0.6 is 0 Å². The van der Waals surface area contributed by atoms with Crippen molar-refractivity contribution in [2.75, 3.05) is 4.31 Å². The average Bonchev–Trinajstić information content (AvgIpc) is 2.76. The summed E-state index contributed by atoms with van der Waals surface area (Å²) in [5.74, 6) is -2.12. The number of rotatable bonds is 8. The van der Waals surface area contributed by atoms with Gasteiger partial charge < -0.3 is 9.74 Å². The zero-order valence-corrected chi connectivity index (χ0v) is 25.1. The van der Waals surface area contributed by atoms with Crippen molar-refractivity contribution in [1.29, 1.82) is 0 Å². The lowest BCUT2D eigenvalue weighted by Gasteiger charge is -2.47. The molecule has 2 aromatic rings. The van der Waals surface area contributed by atoms with E-state index in [1.165, 1.54) is 12.1 Å². The molecule has 0 aromatic heterocycles. The van der Waals surface area contributed by atoms with Crippen LogP contribution in [0, 0.1) is 25.7 Å². The zero-order chi connectivity index (χ0) is 27.9. The first-order chi connectivity index (χ1) is 17.0. The third-order valence-electron chi connectivity index (χ3n) is 7.71. The zero-order valence-electron chi connectivity index (χ0n) is 23.3. The first-order valence-electron chi connectivity index (χ1n) is 12.7. The second kappa shape index (κ2) is 10.3. The van der Waals surface area contributed by atoms with E-state index in [-0.39, 0.29) is 21.5 Å². The number of nitrogens with zero attached hydrogens (tertiary/aromatic N) is 1. The molecule has 0 unspecified atom stereocenters. The lowest BCUT2D eigenvalue weighted by atomic mass is 9.78. The maximum absolute atomic E-state index is 14.0. The van der Waals surface area contributed by atoms with Crippen molar-refractivity contribution in [3.8, 4) is 0 Å². The van der Waals surface area contributed by atoms with Gasteiger partial charge in [-0.3, -0.25) is 9.59 Å². The van der Waals surface area contributed by atoms with Gasteiger partial charge in [0.1, 0.15) is 0 Å². The summed E-state index contributed by atoms with van der Waals surface area (Å²) < 4.78 is 35.0. The summed E-state index contributed by atoms with van der Waals surface area (Å²) in [5.41, 5.74) is 2.01. The number of sulfonamides is 1. The first kappa shape index (κ1) is 29.1. The molecule has 3 rings (SSSR count). The summed E-state index contributed by atoms with van der Waals surface area (Å²) in [6, 6.07) is 12.7. The van der Waals surface area contributed by atoms with Gasteiger partial charge in [-0.15, -0.1) is 0 Å². The van der Waals surface area contributed by atoms with E-state index in [9.17, 15) is 18.0 Å². The molecule has 1 fully saturated rings. The predicted molar refractivity (Wildman–Crippen MR) is 149 cm³/mol. The van der Waals surface area contributed by atoms with Crippen molar-refractivity contribution < 1.29 is 22.4 Å². The lowest BCUT2D eigenvalue weighted by molar-refractivity contribution is -0.144. The molecule has 7 nitrogen and oxygen atoms in total. The van der Waals surface area contributed by atoms with Crippen LogP contribution in [0.15, 0.2) is 53.4 Å².